The predicted molar refractivity (Wildman–Crippen MR) is 114 cm³/mol. The summed E-state index contributed by atoms with van der Waals surface area (Å²) >= 11 is 0. The van der Waals surface area contributed by atoms with Gasteiger partial charge in [-0.05, 0) is 62.3 Å². The van der Waals surface area contributed by atoms with Crippen LogP contribution in [0.15, 0.2) is 47.3 Å². The lowest BCUT2D eigenvalue weighted by Gasteiger charge is -2.43. The van der Waals surface area contributed by atoms with Gasteiger partial charge in [-0.3, -0.25) is 9.59 Å². The Morgan fingerprint density at radius 3 is 2.66 bits per heavy atom. The van der Waals surface area contributed by atoms with E-state index in [2.05, 4.69) is 46.6 Å². The summed E-state index contributed by atoms with van der Waals surface area (Å²) in [6, 6.07) is 14.6. The van der Waals surface area contributed by atoms with Gasteiger partial charge >= 0.3 is 0 Å². The van der Waals surface area contributed by atoms with Crippen LogP contribution in [0.3, 0.4) is 0 Å². The Hall–Kier alpha value is -2.40. The molecule has 1 aromatic carbocycles. The maximum atomic E-state index is 13.0. The number of hydrogen-bond acceptors (Lipinski definition) is 3. The van der Waals surface area contributed by atoms with Crippen molar-refractivity contribution >= 4 is 11.6 Å². The molecule has 0 unspecified atom stereocenters. The van der Waals surface area contributed by atoms with Gasteiger partial charge in [0.05, 0.1) is 0 Å². The lowest BCUT2D eigenvalue weighted by atomic mass is 9.83. The molecule has 5 nitrogen and oxygen atoms in total. The van der Waals surface area contributed by atoms with E-state index in [0.717, 1.165) is 51.1 Å². The summed E-state index contributed by atoms with van der Waals surface area (Å²) in [4.78, 5) is 27.6. The van der Waals surface area contributed by atoms with E-state index in [4.69, 9.17) is 0 Å². The number of anilines is 1. The molecule has 1 saturated carbocycles. The number of carbonyl (C=O) groups excluding carboxylic acids is 1. The first kappa shape index (κ1) is 18.6. The van der Waals surface area contributed by atoms with Crippen LogP contribution in [0.2, 0.25) is 0 Å². The number of hydrogen-bond donors (Lipinski definition) is 1. The van der Waals surface area contributed by atoms with Crippen LogP contribution in [-0.4, -0.2) is 35.0 Å². The molecule has 5 heteroatoms. The molecule has 1 N–H and O–H groups in total. The van der Waals surface area contributed by atoms with Crippen LogP contribution in [0.5, 0.6) is 0 Å². The van der Waals surface area contributed by atoms with Crippen molar-refractivity contribution in [2.45, 2.75) is 44.6 Å². The number of rotatable bonds is 6. The van der Waals surface area contributed by atoms with Crippen LogP contribution in [0.1, 0.15) is 42.9 Å². The molecular formula is C24H29N3O2. The fourth-order valence-corrected chi connectivity index (χ4v) is 5.05. The highest BCUT2D eigenvalue weighted by molar-refractivity contribution is 5.93. The van der Waals surface area contributed by atoms with Crippen molar-refractivity contribution < 1.29 is 4.79 Å². The number of aromatic nitrogens is 1. The van der Waals surface area contributed by atoms with Crippen LogP contribution < -0.4 is 10.9 Å². The molecule has 2 atom stereocenters. The number of pyridine rings is 1. The van der Waals surface area contributed by atoms with Gasteiger partial charge in [-0.2, -0.15) is 0 Å². The van der Waals surface area contributed by atoms with Crippen molar-refractivity contribution in [3.63, 3.8) is 0 Å². The smallest absolute Gasteiger partial charge is 0.274 e. The maximum Gasteiger partial charge on any atom is 0.274 e. The summed E-state index contributed by atoms with van der Waals surface area (Å²) in [6.07, 6.45) is 5.35. The zero-order valence-electron chi connectivity index (χ0n) is 16.8. The fraction of sp³-hybridized carbons (Fsp3) is 0.500. The van der Waals surface area contributed by atoms with Gasteiger partial charge in [-0.15, -0.1) is 0 Å². The number of carbonyl (C=O) groups is 1. The second kappa shape index (κ2) is 7.79. The van der Waals surface area contributed by atoms with Gasteiger partial charge in [0.1, 0.15) is 5.69 Å². The van der Waals surface area contributed by atoms with Gasteiger partial charge < -0.3 is 14.8 Å². The van der Waals surface area contributed by atoms with Crippen molar-refractivity contribution in [1.29, 1.82) is 0 Å². The largest absolute Gasteiger partial charge is 0.321 e. The van der Waals surface area contributed by atoms with Gasteiger partial charge in [0.15, 0.2) is 0 Å². The molecule has 29 heavy (non-hydrogen) atoms. The van der Waals surface area contributed by atoms with E-state index in [1.807, 2.05) is 10.6 Å². The number of amides is 1. The zero-order valence-corrected chi connectivity index (χ0v) is 16.8. The van der Waals surface area contributed by atoms with Gasteiger partial charge in [0, 0.05) is 37.2 Å². The summed E-state index contributed by atoms with van der Waals surface area (Å²) in [7, 11) is 0. The fourth-order valence-electron chi connectivity index (χ4n) is 5.05. The monoisotopic (exact) mass is 391 g/mol. The number of nitrogens with one attached hydrogen (secondary N) is 1. The average molecular weight is 392 g/mol. The third-order valence-corrected chi connectivity index (χ3v) is 6.67. The quantitative estimate of drug-likeness (QED) is 0.822. The molecule has 1 aromatic heterocycles. The Kier molecular flexibility index (Phi) is 5.00. The van der Waals surface area contributed by atoms with Crippen LogP contribution >= 0.6 is 0 Å². The Bertz CT molecular complexity index is 948. The average Bonchev–Trinajstić information content (AvgIpc) is 3.57. The molecule has 3 aliphatic rings. The molecule has 2 aromatic rings. The lowest BCUT2D eigenvalue weighted by molar-refractivity contribution is -0.117. The summed E-state index contributed by atoms with van der Waals surface area (Å²) in [5.74, 6) is 1.05. The van der Waals surface area contributed by atoms with Gasteiger partial charge in [-0.25, -0.2) is 0 Å². The number of benzene rings is 1. The third-order valence-electron chi connectivity index (χ3n) is 6.67. The number of piperidine rings is 1. The van der Waals surface area contributed by atoms with Crippen LogP contribution in [0.25, 0.3) is 0 Å². The SMILES string of the molecule is O=C(Nc1ccc2n(c1=O)C[C@H]1C[C@@H]2CN(CCCc2ccccc2)C1)C1CC1. The normalized spacial score (nSPS) is 23.4. The van der Waals surface area contributed by atoms with E-state index in [0.29, 0.717) is 17.5 Å². The molecule has 0 radical (unpaired) electrons. The highest BCUT2D eigenvalue weighted by Crippen LogP contribution is 2.36. The van der Waals surface area contributed by atoms with Crippen molar-refractivity contribution in [1.82, 2.24) is 9.47 Å². The molecular weight excluding hydrogens is 362 g/mol. The summed E-state index contributed by atoms with van der Waals surface area (Å²) in [5, 5.41) is 2.86. The predicted octanol–water partition coefficient (Wildman–Crippen LogP) is 3.25. The summed E-state index contributed by atoms with van der Waals surface area (Å²) < 4.78 is 1.93. The maximum absolute atomic E-state index is 13.0. The number of aryl methyl sites for hydroxylation is 1. The minimum Gasteiger partial charge on any atom is -0.321 e. The van der Waals surface area contributed by atoms with E-state index in [1.54, 1.807) is 0 Å². The molecule has 1 amide bonds. The van der Waals surface area contributed by atoms with Crippen molar-refractivity contribution in [3.05, 3.63) is 64.1 Å². The van der Waals surface area contributed by atoms with E-state index in [9.17, 15) is 9.59 Å². The van der Waals surface area contributed by atoms with E-state index >= 15 is 0 Å². The standard InChI is InChI=1S/C24H29N3O2/c28-23(19-8-9-19)25-21-10-11-22-20-13-18(15-27(22)24(21)29)14-26(16-20)12-4-7-17-5-2-1-3-6-17/h1-3,5-6,10-11,18-20H,4,7-9,12-16H2,(H,25,28)/t18-,20+/m0/s1. The highest BCUT2D eigenvalue weighted by atomic mass is 16.2. The molecule has 0 spiro atoms. The minimum atomic E-state index is -0.0243. The van der Waals surface area contributed by atoms with Gasteiger partial charge in [0.2, 0.25) is 5.91 Å². The topological polar surface area (TPSA) is 54.3 Å². The third kappa shape index (κ3) is 4.01. The van der Waals surface area contributed by atoms with Gasteiger partial charge in [0.25, 0.3) is 5.56 Å². The Labute approximate surface area is 171 Å². The molecule has 1 saturated heterocycles. The Morgan fingerprint density at radius 1 is 1.03 bits per heavy atom. The van der Waals surface area contributed by atoms with Crippen LogP contribution in [0.4, 0.5) is 5.69 Å². The Morgan fingerprint density at radius 2 is 1.86 bits per heavy atom. The van der Waals surface area contributed by atoms with Crippen LogP contribution in [-0.2, 0) is 17.8 Å². The molecule has 3 heterocycles. The second-order valence-electron chi connectivity index (χ2n) is 9.00. The molecule has 2 fully saturated rings. The molecule has 5 rings (SSSR count). The van der Waals surface area contributed by atoms with Crippen molar-refractivity contribution in [3.8, 4) is 0 Å². The highest BCUT2D eigenvalue weighted by Gasteiger charge is 2.35. The lowest BCUT2D eigenvalue weighted by Crippen LogP contribution is -2.47. The van der Waals surface area contributed by atoms with Crippen molar-refractivity contribution in [2.24, 2.45) is 11.8 Å². The first-order valence-corrected chi connectivity index (χ1v) is 11.0. The number of nitrogens with zero attached hydrogens (tertiary/aromatic N) is 2. The second-order valence-corrected chi connectivity index (χ2v) is 9.00. The molecule has 2 aliphatic heterocycles. The van der Waals surface area contributed by atoms with E-state index in [-0.39, 0.29) is 17.4 Å². The minimum absolute atomic E-state index is 0.00300. The van der Waals surface area contributed by atoms with Gasteiger partial charge in [-0.1, -0.05) is 30.3 Å². The summed E-state index contributed by atoms with van der Waals surface area (Å²) in [6.45, 7) is 3.98. The summed E-state index contributed by atoms with van der Waals surface area (Å²) in [5.41, 5.74) is 2.97. The Balaban J connectivity index is 1.25. The van der Waals surface area contributed by atoms with Crippen molar-refractivity contribution in [2.75, 3.05) is 25.0 Å². The zero-order chi connectivity index (χ0) is 19.8. The van der Waals surface area contributed by atoms with E-state index < -0.39 is 0 Å². The molecule has 2 bridgehead atoms. The number of likely N-dealkylation sites (tertiary alicyclic amines) is 1. The number of fused-ring (bicyclic) bond motifs is 4. The van der Waals surface area contributed by atoms with Crippen LogP contribution in [0, 0.1) is 11.8 Å². The van der Waals surface area contributed by atoms with E-state index in [1.165, 1.54) is 18.4 Å². The first-order valence-electron chi connectivity index (χ1n) is 11.0. The molecule has 1 aliphatic carbocycles. The first-order chi connectivity index (χ1) is 14.2. The molecule has 152 valence electrons.